The monoisotopic (exact) mass is 515 g/mol. The Hall–Kier alpha value is -1.30. The van der Waals surface area contributed by atoms with Crippen molar-refractivity contribution >= 4 is 11.8 Å². The van der Waals surface area contributed by atoms with Crippen LogP contribution in [0.25, 0.3) is 0 Å². The summed E-state index contributed by atoms with van der Waals surface area (Å²) in [4.78, 5) is 30.2. The zero-order valence-electron chi connectivity index (χ0n) is 23.4. The van der Waals surface area contributed by atoms with Crippen molar-refractivity contribution < 1.29 is 23.8 Å². The predicted molar refractivity (Wildman–Crippen MR) is 143 cm³/mol. The van der Waals surface area contributed by atoms with Gasteiger partial charge in [-0.25, -0.2) is 0 Å². The van der Waals surface area contributed by atoms with Crippen LogP contribution in [0.3, 0.4) is 0 Å². The SMILES string of the molecule is CCOCCOCCNC(=O)CC1CCN(C)CC1.COCCCC(=O)NCCN1CCN(C)CC1. The first kappa shape index (κ1) is 32.7. The number of amides is 2. The maximum atomic E-state index is 11.7. The molecule has 0 unspecified atom stereocenters. The summed E-state index contributed by atoms with van der Waals surface area (Å²) in [6.45, 7) is 14.1. The molecule has 2 amide bonds. The van der Waals surface area contributed by atoms with Crippen LogP contribution in [0.5, 0.6) is 0 Å². The molecule has 0 saturated carbocycles. The summed E-state index contributed by atoms with van der Waals surface area (Å²) >= 11 is 0. The molecule has 2 saturated heterocycles. The van der Waals surface area contributed by atoms with Crippen molar-refractivity contribution in [3.05, 3.63) is 0 Å². The van der Waals surface area contributed by atoms with E-state index in [-0.39, 0.29) is 11.8 Å². The van der Waals surface area contributed by atoms with Crippen LogP contribution in [-0.4, -0.2) is 140 Å². The van der Waals surface area contributed by atoms with Gasteiger partial charge in [-0.1, -0.05) is 0 Å². The molecular formula is C26H53N5O5. The highest BCUT2D eigenvalue weighted by atomic mass is 16.5. The van der Waals surface area contributed by atoms with Gasteiger partial charge in [0.1, 0.15) is 0 Å². The van der Waals surface area contributed by atoms with Crippen molar-refractivity contribution in [2.75, 3.05) is 113 Å². The molecule has 2 rings (SSSR count). The van der Waals surface area contributed by atoms with Crippen molar-refractivity contribution in [3.8, 4) is 0 Å². The summed E-state index contributed by atoms with van der Waals surface area (Å²) < 4.78 is 15.4. The van der Waals surface area contributed by atoms with Crippen LogP contribution in [0.2, 0.25) is 0 Å². The third-order valence-electron chi connectivity index (χ3n) is 6.56. The summed E-state index contributed by atoms with van der Waals surface area (Å²) in [5.41, 5.74) is 0. The van der Waals surface area contributed by atoms with Crippen molar-refractivity contribution in [1.29, 1.82) is 0 Å². The molecule has 2 aliphatic rings. The first-order chi connectivity index (χ1) is 17.4. The van der Waals surface area contributed by atoms with E-state index in [1.807, 2.05) is 6.92 Å². The molecule has 0 aromatic carbocycles. The summed E-state index contributed by atoms with van der Waals surface area (Å²) in [7, 11) is 5.94. The van der Waals surface area contributed by atoms with Crippen molar-refractivity contribution in [2.45, 2.75) is 39.0 Å². The smallest absolute Gasteiger partial charge is 0.220 e. The molecule has 212 valence electrons. The fourth-order valence-corrected chi connectivity index (χ4v) is 4.12. The summed E-state index contributed by atoms with van der Waals surface area (Å²) in [6.07, 6.45) is 4.30. The van der Waals surface area contributed by atoms with Gasteiger partial charge < -0.3 is 34.6 Å². The molecule has 2 aliphatic heterocycles. The van der Waals surface area contributed by atoms with Gasteiger partial charge in [0.25, 0.3) is 0 Å². The fraction of sp³-hybridized carbons (Fsp3) is 0.923. The van der Waals surface area contributed by atoms with Gasteiger partial charge in [0.2, 0.25) is 11.8 Å². The van der Waals surface area contributed by atoms with Crippen molar-refractivity contribution in [3.63, 3.8) is 0 Å². The highest BCUT2D eigenvalue weighted by Crippen LogP contribution is 2.19. The molecular weight excluding hydrogens is 462 g/mol. The van der Waals surface area contributed by atoms with Crippen LogP contribution in [-0.2, 0) is 23.8 Å². The Balaban J connectivity index is 0.000000362. The zero-order valence-corrected chi connectivity index (χ0v) is 23.4. The van der Waals surface area contributed by atoms with Crippen LogP contribution in [0.15, 0.2) is 0 Å². The molecule has 10 heteroatoms. The lowest BCUT2D eigenvalue weighted by Gasteiger charge is -2.32. The zero-order chi connectivity index (χ0) is 26.4. The molecule has 10 nitrogen and oxygen atoms in total. The Morgan fingerprint density at radius 2 is 1.44 bits per heavy atom. The molecule has 2 fully saturated rings. The van der Waals surface area contributed by atoms with Crippen LogP contribution < -0.4 is 10.6 Å². The van der Waals surface area contributed by atoms with Gasteiger partial charge in [0.15, 0.2) is 0 Å². The molecule has 0 aliphatic carbocycles. The molecule has 36 heavy (non-hydrogen) atoms. The van der Waals surface area contributed by atoms with E-state index in [1.54, 1.807) is 7.11 Å². The number of nitrogens with zero attached hydrogens (tertiary/aromatic N) is 3. The van der Waals surface area contributed by atoms with E-state index in [0.717, 1.165) is 78.2 Å². The lowest BCUT2D eigenvalue weighted by Crippen LogP contribution is -2.46. The first-order valence-electron chi connectivity index (χ1n) is 13.7. The number of hydrogen-bond donors (Lipinski definition) is 2. The highest BCUT2D eigenvalue weighted by Gasteiger charge is 2.19. The third-order valence-corrected chi connectivity index (χ3v) is 6.56. The second-order valence-electron chi connectivity index (χ2n) is 9.70. The van der Waals surface area contributed by atoms with E-state index >= 15 is 0 Å². The molecule has 0 bridgehead atoms. The van der Waals surface area contributed by atoms with Gasteiger partial charge in [0, 0.05) is 79.0 Å². The second kappa shape index (κ2) is 21.8. The molecule has 0 atom stereocenters. The lowest BCUT2D eigenvalue weighted by atomic mass is 9.93. The van der Waals surface area contributed by atoms with Gasteiger partial charge in [-0.2, -0.15) is 0 Å². The summed E-state index contributed by atoms with van der Waals surface area (Å²) in [5.74, 6) is 0.842. The Morgan fingerprint density at radius 3 is 2.11 bits per heavy atom. The number of nitrogens with one attached hydrogen (secondary N) is 2. The third kappa shape index (κ3) is 18.0. The van der Waals surface area contributed by atoms with Crippen molar-refractivity contribution in [1.82, 2.24) is 25.3 Å². The Morgan fingerprint density at radius 1 is 0.806 bits per heavy atom. The minimum atomic E-state index is 0.135. The topological polar surface area (TPSA) is 95.6 Å². The van der Waals surface area contributed by atoms with Crippen LogP contribution >= 0.6 is 0 Å². The Bertz CT molecular complexity index is 553. The minimum absolute atomic E-state index is 0.135. The maximum Gasteiger partial charge on any atom is 0.220 e. The summed E-state index contributed by atoms with van der Waals surface area (Å²) in [6, 6.07) is 0. The average molecular weight is 516 g/mol. The maximum absolute atomic E-state index is 11.7. The Kier molecular flexibility index (Phi) is 19.8. The number of carbonyl (C=O) groups excluding carboxylic acids is 2. The first-order valence-corrected chi connectivity index (χ1v) is 13.7. The highest BCUT2D eigenvalue weighted by molar-refractivity contribution is 5.76. The number of piperidine rings is 1. The normalized spacial score (nSPS) is 17.9. The molecule has 0 radical (unpaired) electrons. The number of rotatable bonds is 16. The number of piperazine rings is 1. The average Bonchev–Trinajstić information content (AvgIpc) is 2.87. The Labute approximate surface area is 219 Å². The lowest BCUT2D eigenvalue weighted by molar-refractivity contribution is -0.123. The molecule has 2 heterocycles. The van der Waals surface area contributed by atoms with Crippen LogP contribution in [0.4, 0.5) is 0 Å². The molecule has 0 aromatic heterocycles. The molecule has 0 aromatic rings. The number of likely N-dealkylation sites (tertiary alicyclic amines) is 1. The quantitative estimate of drug-likeness (QED) is 0.290. The molecule has 0 spiro atoms. The van der Waals surface area contributed by atoms with E-state index in [0.29, 0.717) is 51.7 Å². The van der Waals surface area contributed by atoms with Gasteiger partial charge in [-0.05, 0) is 59.3 Å². The number of likely N-dealkylation sites (N-methyl/N-ethyl adjacent to an activating group) is 1. The predicted octanol–water partition coefficient (Wildman–Crippen LogP) is 0.664. The van der Waals surface area contributed by atoms with Crippen LogP contribution in [0, 0.1) is 5.92 Å². The standard InChI is InChI=1S/C14H28N2O3.C12H25N3O2/c1-3-18-10-11-19-9-6-15-14(17)12-13-4-7-16(2)8-5-13;1-14-7-9-15(10-8-14)6-5-13-12(16)4-3-11-17-2/h13H,3-12H2,1-2H3,(H,15,17);3-11H2,1-2H3,(H,13,16). The van der Waals surface area contributed by atoms with E-state index in [1.165, 1.54) is 0 Å². The van der Waals surface area contributed by atoms with E-state index < -0.39 is 0 Å². The number of carbonyl (C=O) groups is 2. The van der Waals surface area contributed by atoms with E-state index in [9.17, 15) is 9.59 Å². The van der Waals surface area contributed by atoms with Crippen LogP contribution in [0.1, 0.15) is 39.0 Å². The van der Waals surface area contributed by atoms with Gasteiger partial charge in [-0.3, -0.25) is 14.5 Å². The van der Waals surface area contributed by atoms with Gasteiger partial charge in [0.05, 0.1) is 19.8 Å². The number of hydrogen-bond acceptors (Lipinski definition) is 8. The number of methoxy groups -OCH3 is 1. The largest absolute Gasteiger partial charge is 0.385 e. The van der Waals surface area contributed by atoms with E-state index in [4.69, 9.17) is 14.2 Å². The molecule has 2 N–H and O–H groups in total. The fourth-order valence-electron chi connectivity index (χ4n) is 4.12. The van der Waals surface area contributed by atoms with Crippen molar-refractivity contribution in [2.24, 2.45) is 5.92 Å². The van der Waals surface area contributed by atoms with Gasteiger partial charge in [-0.15, -0.1) is 0 Å². The van der Waals surface area contributed by atoms with E-state index in [2.05, 4.69) is 39.4 Å². The summed E-state index contributed by atoms with van der Waals surface area (Å²) in [5, 5.41) is 5.86. The minimum Gasteiger partial charge on any atom is -0.385 e. The second-order valence-corrected chi connectivity index (χ2v) is 9.70. The van der Waals surface area contributed by atoms with Gasteiger partial charge >= 0.3 is 0 Å². The number of ether oxygens (including phenoxy) is 3.